The van der Waals surface area contributed by atoms with Gasteiger partial charge in [0.2, 0.25) is 0 Å². The first-order chi connectivity index (χ1) is 12.5. The predicted molar refractivity (Wildman–Crippen MR) is 97.9 cm³/mol. The van der Waals surface area contributed by atoms with Gasteiger partial charge < -0.3 is 19.2 Å². The van der Waals surface area contributed by atoms with Crippen LogP contribution >= 0.6 is 0 Å². The highest BCUT2D eigenvalue weighted by Gasteiger charge is 2.17. The van der Waals surface area contributed by atoms with Crippen LogP contribution in [-0.2, 0) is 0 Å². The van der Waals surface area contributed by atoms with Crippen LogP contribution in [0, 0.1) is 0 Å². The SMILES string of the molecule is COc1ccc(C(C)NC(=O)c2cc3ccccc3oc2=O)cc1OC. The van der Waals surface area contributed by atoms with Gasteiger partial charge in [-0.25, -0.2) is 4.79 Å². The van der Waals surface area contributed by atoms with Gasteiger partial charge in [-0.15, -0.1) is 0 Å². The van der Waals surface area contributed by atoms with Crippen molar-refractivity contribution >= 4 is 16.9 Å². The van der Waals surface area contributed by atoms with Crippen molar-refractivity contribution < 1.29 is 18.7 Å². The molecule has 0 spiro atoms. The van der Waals surface area contributed by atoms with Gasteiger partial charge in [0.25, 0.3) is 5.91 Å². The molecule has 6 heteroatoms. The van der Waals surface area contributed by atoms with Crippen LogP contribution in [0.25, 0.3) is 11.0 Å². The normalized spacial score (nSPS) is 11.8. The quantitative estimate of drug-likeness (QED) is 0.712. The average Bonchev–Trinajstić information content (AvgIpc) is 2.66. The molecule has 0 fully saturated rings. The Bertz CT molecular complexity index is 1010. The number of benzene rings is 2. The Morgan fingerprint density at radius 2 is 1.77 bits per heavy atom. The molecule has 6 nitrogen and oxygen atoms in total. The number of rotatable bonds is 5. The lowest BCUT2D eigenvalue weighted by Gasteiger charge is -2.16. The number of hydrogen-bond donors (Lipinski definition) is 1. The Balaban J connectivity index is 1.86. The first-order valence-corrected chi connectivity index (χ1v) is 8.09. The van der Waals surface area contributed by atoms with Gasteiger partial charge in [0.15, 0.2) is 11.5 Å². The van der Waals surface area contributed by atoms with Gasteiger partial charge in [-0.2, -0.15) is 0 Å². The third kappa shape index (κ3) is 3.39. The number of carbonyl (C=O) groups excluding carboxylic acids is 1. The Morgan fingerprint density at radius 3 is 2.50 bits per heavy atom. The molecule has 0 saturated carbocycles. The average molecular weight is 353 g/mol. The van der Waals surface area contributed by atoms with Gasteiger partial charge >= 0.3 is 5.63 Å². The van der Waals surface area contributed by atoms with E-state index in [4.69, 9.17) is 13.9 Å². The lowest BCUT2D eigenvalue weighted by molar-refractivity contribution is 0.0936. The summed E-state index contributed by atoms with van der Waals surface area (Å²) in [5.74, 6) is 0.674. The molecule has 0 bridgehead atoms. The molecule has 134 valence electrons. The lowest BCUT2D eigenvalue weighted by Crippen LogP contribution is -2.30. The fourth-order valence-corrected chi connectivity index (χ4v) is 2.70. The molecule has 0 aliphatic carbocycles. The van der Waals surface area contributed by atoms with E-state index in [9.17, 15) is 9.59 Å². The summed E-state index contributed by atoms with van der Waals surface area (Å²) in [6.45, 7) is 1.82. The number of nitrogens with one attached hydrogen (secondary N) is 1. The van der Waals surface area contributed by atoms with Crippen molar-refractivity contribution in [3.05, 3.63) is 70.1 Å². The molecule has 1 atom stereocenters. The van der Waals surface area contributed by atoms with Crippen LogP contribution in [0.5, 0.6) is 11.5 Å². The van der Waals surface area contributed by atoms with Crippen molar-refractivity contribution in [1.29, 1.82) is 0 Å². The van der Waals surface area contributed by atoms with E-state index in [0.29, 0.717) is 22.5 Å². The first-order valence-electron chi connectivity index (χ1n) is 8.09. The Labute approximate surface area is 150 Å². The molecule has 1 amide bonds. The minimum Gasteiger partial charge on any atom is -0.493 e. The fourth-order valence-electron chi connectivity index (χ4n) is 2.70. The summed E-state index contributed by atoms with van der Waals surface area (Å²) >= 11 is 0. The van der Waals surface area contributed by atoms with E-state index in [0.717, 1.165) is 5.56 Å². The highest BCUT2D eigenvalue weighted by Crippen LogP contribution is 2.30. The van der Waals surface area contributed by atoms with Crippen molar-refractivity contribution in [2.24, 2.45) is 0 Å². The van der Waals surface area contributed by atoms with Crippen LogP contribution in [0.3, 0.4) is 0 Å². The number of hydrogen-bond acceptors (Lipinski definition) is 5. The molecule has 26 heavy (non-hydrogen) atoms. The zero-order valence-electron chi connectivity index (χ0n) is 14.7. The van der Waals surface area contributed by atoms with Gasteiger partial charge in [0.05, 0.1) is 20.3 Å². The molecule has 1 N–H and O–H groups in total. The maximum Gasteiger partial charge on any atom is 0.349 e. The largest absolute Gasteiger partial charge is 0.493 e. The maximum atomic E-state index is 12.5. The van der Waals surface area contributed by atoms with Gasteiger partial charge in [-0.05, 0) is 36.8 Å². The second-order valence-electron chi connectivity index (χ2n) is 5.79. The van der Waals surface area contributed by atoms with Gasteiger partial charge in [0.1, 0.15) is 11.1 Å². The van der Waals surface area contributed by atoms with Gasteiger partial charge in [-0.3, -0.25) is 4.79 Å². The Kier molecular flexibility index (Phi) is 4.93. The molecule has 0 aliphatic rings. The maximum absolute atomic E-state index is 12.5. The molecule has 3 aromatic rings. The molecule has 0 aliphatic heterocycles. The summed E-state index contributed by atoms with van der Waals surface area (Å²) in [6.07, 6.45) is 0. The van der Waals surface area contributed by atoms with Crippen LogP contribution in [0.4, 0.5) is 0 Å². The summed E-state index contributed by atoms with van der Waals surface area (Å²) in [5.41, 5.74) is 0.569. The zero-order chi connectivity index (χ0) is 18.7. The summed E-state index contributed by atoms with van der Waals surface area (Å²) in [6, 6.07) is 13.6. The van der Waals surface area contributed by atoms with Crippen molar-refractivity contribution in [1.82, 2.24) is 5.32 Å². The van der Waals surface area contributed by atoms with E-state index < -0.39 is 11.5 Å². The second kappa shape index (κ2) is 7.31. The first kappa shape index (κ1) is 17.5. The van der Waals surface area contributed by atoms with Crippen molar-refractivity contribution in [3.63, 3.8) is 0 Å². The highest BCUT2D eigenvalue weighted by molar-refractivity contribution is 5.96. The molecule has 2 aromatic carbocycles. The minimum atomic E-state index is -0.666. The highest BCUT2D eigenvalue weighted by atomic mass is 16.5. The van der Waals surface area contributed by atoms with E-state index in [-0.39, 0.29) is 11.6 Å². The second-order valence-corrected chi connectivity index (χ2v) is 5.79. The van der Waals surface area contributed by atoms with E-state index in [1.165, 1.54) is 6.07 Å². The molecule has 1 unspecified atom stereocenters. The molecular formula is C20H19NO5. The topological polar surface area (TPSA) is 77.8 Å². The Hall–Kier alpha value is -3.28. The van der Waals surface area contributed by atoms with Crippen molar-refractivity contribution in [3.8, 4) is 11.5 Å². The number of methoxy groups -OCH3 is 2. The number of para-hydroxylation sites is 1. The van der Waals surface area contributed by atoms with Crippen LogP contribution < -0.4 is 20.4 Å². The third-order valence-electron chi connectivity index (χ3n) is 4.14. The molecular weight excluding hydrogens is 334 g/mol. The van der Waals surface area contributed by atoms with E-state index >= 15 is 0 Å². The lowest BCUT2D eigenvalue weighted by atomic mass is 10.1. The predicted octanol–water partition coefficient (Wildman–Crippen LogP) is 3.30. The fraction of sp³-hybridized carbons (Fsp3) is 0.200. The minimum absolute atomic E-state index is 0.0315. The molecule has 1 aromatic heterocycles. The number of amides is 1. The molecule has 0 radical (unpaired) electrons. The van der Waals surface area contributed by atoms with Crippen LogP contribution in [0.15, 0.2) is 57.7 Å². The van der Waals surface area contributed by atoms with Crippen molar-refractivity contribution in [2.45, 2.75) is 13.0 Å². The van der Waals surface area contributed by atoms with E-state index in [2.05, 4.69) is 5.32 Å². The molecule has 1 heterocycles. The summed E-state index contributed by atoms with van der Waals surface area (Å²) in [5, 5.41) is 3.50. The van der Waals surface area contributed by atoms with Crippen LogP contribution in [-0.4, -0.2) is 20.1 Å². The zero-order valence-corrected chi connectivity index (χ0v) is 14.7. The standard InChI is InChI=1S/C20H19NO5/c1-12(13-8-9-17(24-2)18(11-13)25-3)21-19(22)15-10-14-6-4-5-7-16(14)26-20(15)23/h4-12H,1-3H3,(H,21,22). The van der Waals surface area contributed by atoms with Crippen molar-refractivity contribution in [2.75, 3.05) is 14.2 Å². The molecule has 3 rings (SSSR count). The smallest absolute Gasteiger partial charge is 0.349 e. The number of fused-ring (bicyclic) bond motifs is 1. The third-order valence-corrected chi connectivity index (χ3v) is 4.14. The summed E-state index contributed by atoms with van der Waals surface area (Å²) < 4.78 is 15.7. The van der Waals surface area contributed by atoms with Gasteiger partial charge in [-0.1, -0.05) is 24.3 Å². The summed E-state index contributed by atoms with van der Waals surface area (Å²) in [7, 11) is 3.10. The van der Waals surface area contributed by atoms with E-state index in [1.54, 1.807) is 44.6 Å². The van der Waals surface area contributed by atoms with Crippen LogP contribution in [0.1, 0.15) is 28.9 Å². The van der Waals surface area contributed by atoms with Gasteiger partial charge in [0, 0.05) is 5.39 Å². The number of carbonyl (C=O) groups is 1. The molecule has 0 saturated heterocycles. The summed E-state index contributed by atoms with van der Waals surface area (Å²) in [4.78, 5) is 24.7. The monoisotopic (exact) mass is 353 g/mol. The number of ether oxygens (including phenoxy) is 2. The Morgan fingerprint density at radius 1 is 1.04 bits per heavy atom. The van der Waals surface area contributed by atoms with Crippen LogP contribution in [0.2, 0.25) is 0 Å². The van der Waals surface area contributed by atoms with E-state index in [1.807, 2.05) is 19.1 Å².